The van der Waals surface area contributed by atoms with Crippen LogP contribution in [0.4, 0.5) is 0 Å². The topological polar surface area (TPSA) is 237 Å². The van der Waals surface area contributed by atoms with Crippen LogP contribution in [0.25, 0.3) is 0 Å². The molecule has 0 bridgehead atoms. The van der Waals surface area contributed by atoms with Crippen LogP contribution in [0.1, 0.15) is 427 Å². The second-order valence-corrected chi connectivity index (χ2v) is 32.8. The molecule has 0 aromatic rings. The van der Waals surface area contributed by atoms with Gasteiger partial charge in [0.25, 0.3) is 0 Å². The Balaban J connectivity index is 5.25. The van der Waals surface area contributed by atoms with Gasteiger partial charge in [-0.05, 0) is 37.5 Å². The fourth-order valence-corrected chi connectivity index (χ4v) is 14.1. The zero-order valence-corrected chi connectivity index (χ0v) is 67.3. The van der Waals surface area contributed by atoms with Crippen LogP contribution in [0, 0.1) is 11.8 Å². The maximum atomic E-state index is 13.1. The third-order valence-electron chi connectivity index (χ3n) is 19.3. The molecule has 0 fully saturated rings. The third kappa shape index (κ3) is 73.0. The number of aliphatic hydroxyl groups excluding tert-OH is 1. The summed E-state index contributed by atoms with van der Waals surface area (Å²) in [6, 6.07) is 0. The fraction of sp³-hybridized carbons (Fsp3) is 0.951. The monoisotopic (exact) mass is 1470 g/mol. The first kappa shape index (κ1) is 98.1. The molecule has 100 heavy (non-hydrogen) atoms. The molecular formula is C81H158O17P2. The smallest absolute Gasteiger partial charge is 0.462 e. The average Bonchev–Trinajstić information content (AvgIpc) is 0.967. The number of unbranched alkanes of at least 4 members (excludes halogenated alkanes) is 49. The van der Waals surface area contributed by atoms with E-state index in [1.165, 1.54) is 244 Å². The summed E-state index contributed by atoms with van der Waals surface area (Å²) >= 11 is 0. The summed E-state index contributed by atoms with van der Waals surface area (Å²) in [5.41, 5.74) is 0. The van der Waals surface area contributed by atoms with E-state index in [1.54, 1.807) is 0 Å². The van der Waals surface area contributed by atoms with Crippen LogP contribution in [0.2, 0.25) is 0 Å². The maximum Gasteiger partial charge on any atom is 0.472 e. The number of ether oxygens (including phenoxy) is 4. The molecule has 0 saturated heterocycles. The van der Waals surface area contributed by atoms with Crippen LogP contribution in [0.3, 0.4) is 0 Å². The minimum Gasteiger partial charge on any atom is -0.462 e. The van der Waals surface area contributed by atoms with Crippen molar-refractivity contribution in [3.8, 4) is 0 Å². The molecule has 0 heterocycles. The highest BCUT2D eigenvalue weighted by Gasteiger charge is 2.30. The molecule has 0 spiro atoms. The Bertz CT molecular complexity index is 1930. The van der Waals surface area contributed by atoms with E-state index in [2.05, 4.69) is 41.5 Å². The van der Waals surface area contributed by atoms with Crippen LogP contribution in [0.15, 0.2) is 0 Å². The van der Waals surface area contributed by atoms with Crippen molar-refractivity contribution < 1.29 is 80.2 Å². The van der Waals surface area contributed by atoms with E-state index >= 15 is 0 Å². The first-order chi connectivity index (χ1) is 48.4. The average molecular weight is 1470 g/mol. The highest BCUT2D eigenvalue weighted by atomic mass is 31.2. The van der Waals surface area contributed by atoms with Gasteiger partial charge in [0, 0.05) is 25.7 Å². The number of aliphatic hydroxyl groups is 1. The summed E-state index contributed by atoms with van der Waals surface area (Å²) in [5.74, 6) is -0.505. The standard InChI is InChI=1S/C81H158O17P2/c1-7-10-12-14-16-18-20-21-22-23-24-25-30-34-41-47-53-59-65-80(85)97-76(70-92-79(84)64-58-52-46-40-33-29-27-26-28-32-37-43-49-55-61-73(4)5)71-95-99(87,88)93-67-75(82)68-94-100(89,90)96-72-77(69-91-78(83)63-57-51-45-39-31-19-17-15-13-11-8-2)98-81(86)66-60-54-48-42-36-35-38-44-50-56-62-74(6)9-3/h73-77,82H,7-72H2,1-6H3,(H,87,88)(H,89,90)/t74?,75-,76-,77-/m1/s1. The minimum atomic E-state index is -4.96. The van der Waals surface area contributed by atoms with Crippen molar-refractivity contribution in [2.75, 3.05) is 39.6 Å². The molecule has 6 atom stereocenters. The molecule has 0 saturated carbocycles. The number of phosphoric ester groups is 2. The summed E-state index contributed by atoms with van der Waals surface area (Å²) in [6.07, 6.45) is 62.3. The van der Waals surface area contributed by atoms with Crippen LogP contribution in [-0.4, -0.2) is 96.7 Å². The molecule has 0 aromatic carbocycles. The van der Waals surface area contributed by atoms with Crippen molar-refractivity contribution >= 4 is 39.5 Å². The minimum absolute atomic E-state index is 0.107. The van der Waals surface area contributed by atoms with Crippen molar-refractivity contribution in [1.82, 2.24) is 0 Å². The molecule has 0 aliphatic carbocycles. The summed E-state index contributed by atoms with van der Waals surface area (Å²) in [6.45, 7) is 9.68. The zero-order chi connectivity index (χ0) is 73.5. The van der Waals surface area contributed by atoms with E-state index in [0.29, 0.717) is 25.7 Å². The van der Waals surface area contributed by atoms with Crippen molar-refractivity contribution in [2.24, 2.45) is 11.8 Å². The summed E-state index contributed by atoms with van der Waals surface area (Å²) < 4.78 is 68.7. The van der Waals surface area contributed by atoms with Gasteiger partial charge in [0.1, 0.15) is 19.3 Å². The summed E-state index contributed by atoms with van der Waals surface area (Å²) in [7, 11) is -9.92. The van der Waals surface area contributed by atoms with E-state index in [9.17, 15) is 43.2 Å². The van der Waals surface area contributed by atoms with Crippen molar-refractivity contribution in [3.05, 3.63) is 0 Å². The molecule has 0 aliphatic rings. The van der Waals surface area contributed by atoms with E-state index in [1.807, 2.05) is 0 Å². The fourth-order valence-electron chi connectivity index (χ4n) is 12.5. The Morgan fingerprint density at radius 2 is 0.510 bits per heavy atom. The van der Waals surface area contributed by atoms with Gasteiger partial charge in [-0.3, -0.25) is 37.3 Å². The number of hydrogen-bond donors (Lipinski definition) is 3. The second-order valence-electron chi connectivity index (χ2n) is 29.9. The Kier molecular flexibility index (Phi) is 71.2. The zero-order valence-electron chi connectivity index (χ0n) is 65.5. The van der Waals surface area contributed by atoms with Crippen molar-refractivity contribution in [3.63, 3.8) is 0 Å². The number of rotatable bonds is 80. The Labute approximate surface area is 613 Å². The van der Waals surface area contributed by atoms with E-state index in [0.717, 1.165) is 102 Å². The molecule has 3 unspecified atom stereocenters. The van der Waals surface area contributed by atoms with Crippen molar-refractivity contribution in [2.45, 2.75) is 445 Å². The van der Waals surface area contributed by atoms with Gasteiger partial charge in [0.2, 0.25) is 0 Å². The van der Waals surface area contributed by atoms with Crippen LogP contribution in [-0.2, 0) is 65.4 Å². The molecular weight excluding hydrogens is 1310 g/mol. The molecule has 0 radical (unpaired) electrons. The predicted molar refractivity (Wildman–Crippen MR) is 409 cm³/mol. The lowest BCUT2D eigenvalue weighted by Crippen LogP contribution is -2.30. The Morgan fingerprint density at radius 3 is 0.760 bits per heavy atom. The van der Waals surface area contributed by atoms with Gasteiger partial charge in [-0.15, -0.1) is 0 Å². The molecule has 0 amide bonds. The number of carbonyl (C=O) groups excluding carboxylic acids is 4. The Hall–Kier alpha value is -1.94. The van der Waals surface area contributed by atoms with Crippen LogP contribution < -0.4 is 0 Å². The van der Waals surface area contributed by atoms with E-state index < -0.39 is 97.5 Å². The third-order valence-corrected chi connectivity index (χ3v) is 21.2. The highest BCUT2D eigenvalue weighted by molar-refractivity contribution is 7.47. The SMILES string of the molecule is CCCCCCCCCCCCCCCCCCCCC(=O)O[C@H](COC(=O)CCCCCCCCCCCCCCCCC(C)C)COP(=O)(O)OC[C@@H](O)COP(=O)(O)OC[C@@H](COC(=O)CCCCCCCCCCCCC)OC(=O)CCCCCCCCCCCCC(C)CC. The quantitative estimate of drug-likeness (QED) is 0.0222. The number of hydrogen-bond acceptors (Lipinski definition) is 15. The van der Waals surface area contributed by atoms with Gasteiger partial charge >= 0.3 is 39.5 Å². The van der Waals surface area contributed by atoms with E-state index in [4.69, 9.17) is 37.0 Å². The lowest BCUT2D eigenvalue weighted by atomic mass is 9.99. The number of carbonyl (C=O) groups is 4. The molecule has 594 valence electrons. The lowest BCUT2D eigenvalue weighted by molar-refractivity contribution is -0.161. The first-order valence-corrected chi connectivity index (χ1v) is 45.0. The van der Waals surface area contributed by atoms with E-state index in [-0.39, 0.29) is 25.7 Å². The summed E-state index contributed by atoms with van der Waals surface area (Å²) in [4.78, 5) is 73.0. The second kappa shape index (κ2) is 72.6. The predicted octanol–water partition coefficient (Wildman–Crippen LogP) is 24.3. The van der Waals surface area contributed by atoms with Gasteiger partial charge in [0.15, 0.2) is 12.2 Å². The van der Waals surface area contributed by atoms with Gasteiger partial charge in [0.05, 0.1) is 26.4 Å². The molecule has 0 rings (SSSR count). The summed E-state index contributed by atoms with van der Waals surface area (Å²) in [5, 5.41) is 10.6. The lowest BCUT2D eigenvalue weighted by Gasteiger charge is -2.21. The highest BCUT2D eigenvalue weighted by Crippen LogP contribution is 2.45. The number of phosphoric acid groups is 2. The van der Waals surface area contributed by atoms with Crippen LogP contribution in [0.5, 0.6) is 0 Å². The Morgan fingerprint density at radius 1 is 0.290 bits per heavy atom. The maximum absolute atomic E-state index is 13.1. The number of esters is 4. The molecule has 3 N–H and O–H groups in total. The van der Waals surface area contributed by atoms with Gasteiger partial charge in [-0.2, -0.15) is 0 Å². The van der Waals surface area contributed by atoms with Gasteiger partial charge < -0.3 is 33.8 Å². The van der Waals surface area contributed by atoms with Crippen LogP contribution >= 0.6 is 15.6 Å². The molecule has 19 heteroatoms. The van der Waals surface area contributed by atoms with Gasteiger partial charge in [-0.1, -0.05) is 375 Å². The largest absolute Gasteiger partial charge is 0.472 e. The van der Waals surface area contributed by atoms with Crippen molar-refractivity contribution in [1.29, 1.82) is 0 Å². The first-order valence-electron chi connectivity index (χ1n) is 42.0. The molecule has 0 aliphatic heterocycles. The normalized spacial score (nSPS) is 14.2. The molecule has 17 nitrogen and oxygen atoms in total. The molecule has 0 aromatic heterocycles. The van der Waals surface area contributed by atoms with Gasteiger partial charge in [-0.25, -0.2) is 9.13 Å².